The molecule has 5 heterocycles. The first-order chi connectivity index (χ1) is 21.7. The Balaban J connectivity index is 1.31. The minimum Gasteiger partial charge on any atom is -0.344 e. The summed E-state index contributed by atoms with van der Waals surface area (Å²) < 4.78 is 75.3. The molecule has 0 radical (unpaired) electrons. The first-order valence-electron chi connectivity index (χ1n) is 14.7. The lowest BCUT2D eigenvalue weighted by Gasteiger charge is -2.33. The van der Waals surface area contributed by atoms with Gasteiger partial charge in [0.1, 0.15) is 11.7 Å². The molecule has 17 heteroatoms. The van der Waals surface area contributed by atoms with Crippen molar-refractivity contribution in [1.82, 2.24) is 45.7 Å². The van der Waals surface area contributed by atoms with Crippen molar-refractivity contribution in [3.8, 4) is 0 Å². The van der Waals surface area contributed by atoms with Gasteiger partial charge in [-0.05, 0) is 74.4 Å². The Morgan fingerprint density at radius 3 is 2.54 bits per heavy atom. The van der Waals surface area contributed by atoms with Gasteiger partial charge in [0.05, 0.1) is 40.9 Å². The third kappa shape index (κ3) is 6.39. The van der Waals surface area contributed by atoms with Crippen LogP contribution in [0.2, 0.25) is 0 Å². The van der Waals surface area contributed by atoms with Gasteiger partial charge in [0.2, 0.25) is 11.8 Å². The number of halogens is 5. The van der Waals surface area contributed by atoms with E-state index < -0.39 is 47.8 Å². The molecule has 2 amide bonds. The van der Waals surface area contributed by atoms with Crippen molar-refractivity contribution < 1.29 is 36.2 Å². The van der Waals surface area contributed by atoms with Gasteiger partial charge in [0, 0.05) is 19.3 Å². The number of hydrogen-bond acceptors (Lipinski definition) is 9. The lowest BCUT2D eigenvalue weighted by molar-refractivity contribution is -0.155. The summed E-state index contributed by atoms with van der Waals surface area (Å²) in [7, 11) is 0. The molecule has 4 aromatic heterocycles. The molecule has 0 bridgehead atoms. The van der Waals surface area contributed by atoms with Crippen LogP contribution in [0.25, 0.3) is 5.65 Å². The van der Waals surface area contributed by atoms with Gasteiger partial charge < -0.3 is 10.6 Å². The van der Waals surface area contributed by atoms with Crippen LogP contribution in [0.15, 0.2) is 35.2 Å². The van der Waals surface area contributed by atoms with Crippen molar-refractivity contribution in [2.24, 2.45) is 11.3 Å². The molecular formula is C29H30F5N9O3. The van der Waals surface area contributed by atoms with Crippen LogP contribution in [-0.4, -0.2) is 65.1 Å². The zero-order valence-electron chi connectivity index (χ0n) is 24.8. The van der Waals surface area contributed by atoms with E-state index >= 15 is 0 Å². The van der Waals surface area contributed by atoms with E-state index in [9.17, 15) is 31.5 Å². The highest BCUT2D eigenvalue weighted by Crippen LogP contribution is 2.43. The summed E-state index contributed by atoms with van der Waals surface area (Å²) in [4.78, 5) is 30.9. The molecule has 2 N–H and O–H groups in total. The maximum Gasteiger partial charge on any atom is 0.408 e. The summed E-state index contributed by atoms with van der Waals surface area (Å²) in [5, 5.41) is 24.7. The highest BCUT2D eigenvalue weighted by molar-refractivity contribution is 5.93. The van der Waals surface area contributed by atoms with Crippen LogP contribution in [-0.2, 0) is 17.6 Å². The third-order valence-electron chi connectivity index (χ3n) is 8.79. The normalized spacial score (nSPS) is 22.6. The van der Waals surface area contributed by atoms with Crippen molar-refractivity contribution in [2.75, 3.05) is 0 Å². The first-order valence-corrected chi connectivity index (χ1v) is 14.7. The lowest BCUT2D eigenvalue weighted by atomic mass is 9.75. The van der Waals surface area contributed by atoms with Gasteiger partial charge in [0.25, 0.3) is 5.91 Å². The minimum absolute atomic E-state index is 0.0501. The minimum atomic E-state index is -4.64. The standard InChI is InChI=1S/C29H30F5N9O3/c1-15-3-4-19(40-39-15)11-27(12-21(29(32,33)34)37-26(27)45)10-17-9-22-36-20(14-43(22)35-13-17)24(18-5-7-28(30,31)8-6-18)38-25(44)23-16(2)41-46-42-23/h3-4,9,13-14,18,21,24H,5-8,10-12H2,1-2H3,(H,37,45)(H,38,44)/t21-,24-,27+/m0/s1. The average Bonchev–Trinajstić information content (AvgIpc) is 3.70. The van der Waals surface area contributed by atoms with Crippen LogP contribution in [0.5, 0.6) is 0 Å². The van der Waals surface area contributed by atoms with Crippen molar-refractivity contribution in [2.45, 2.75) is 83.0 Å². The van der Waals surface area contributed by atoms with Gasteiger partial charge in [0.15, 0.2) is 11.3 Å². The highest BCUT2D eigenvalue weighted by atomic mass is 19.4. The number of amides is 2. The first kappa shape index (κ1) is 31.4. The largest absolute Gasteiger partial charge is 0.408 e. The number of carbonyl (C=O) groups excluding carboxylic acids is 2. The molecule has 3 atom stereocenters. The van der Waals surface area contributed by atoms with E-state index in [1.165, 1.54) is 17.6 Å². The van der Waals surface area contributed by atoms with E-state index in [4.69, 9.17) is 0 Å². The Hall–Kier alpha value is -4.57. The number of carbonyl (C=O) groups is 2. The number of fused-ring (bicyclic) bond motifs is 1. The molecule has 1 aliphatic heterocycles. The highest BCUT2D eigenvalue weighted by Gasteiger charge is 2.55. The van der Waals surface area contributed by atoms with Gasteiger partial charge in [-0.2, -0.15) is 28.5 Å². The van der Waals surface area contributed by atoms with E-state index in [1.807, 2.05) is 0 Å². The van der Waals surface area contributed by atoms with E-state index in [-0.39, 0.29) is 55.8 Å². The summed E-state index contributed by atoms with van der Waals surface area (Å²) in [6.07, 6.45) is -2.77. The second kappa shape index (κ2) is 11.7. The lowest BCUT2D eigenvalue weighted by Crippen LogP contribution is -2.39. The maximum absolute atomic E-state index is 14.0. The number of alkyl halides is 5. The number of imidazole rings is 1. The Morgan fingerprint density at radius 1 is 1.15 bits per heavy atom. The van der Waals surface area contributed by atoms with Crippen molar-refractivity contribution in [3.05, 3.63) is 64.6 Å². The topological polar surface area (TPSA) is 153 Å². The molecule has 0 spiro atoms. The number of rotatable bonds is 8. The van der Waals surface area contributed by atoms with Crippen LogP contribution in [0, 0.1) is 25.2 Å². The summed E-state index contributed by atoms with van der Waals surface area (Å²) in [5.41, 5.74) is 0.793. The van der Waals surface area contributed by atoms with Gasteiger partial charge >= 0.3 is 6.18 Å². The summed E-state index contributed by atoms with van der Waals surface area (Å²) in [6, 6.07) is 2.10. The summed E-state index contributed by atoms with van der Waals surface area (Å²) >= 11 is 0. The fraction of sp³-hybridized carbons (Fsp3) is 0.517. The molecule has 1 saturated heterocycles. The quantitative estimate of drug-likeness (QED) is 0.270. The van der Waals surface area contributed by atoms with E-state index in [0.29, 0.717) is 28.3 Å². The van der Waals surface area contributed by atoms with Crippen LogP contribution in [0.1, 0.15) is 77.0 Å². The number of aromatic nitrogens is 7. The van der Waals surface area contributed by atoms with Crippen molar-refractivity contribution >= 4 is 17.5 Å². The van der Waals surface area contributed by atoms with Crippen LogP contribution in [0.3, 0.4) is 0 Å². The van der Waals surface area contributed by atoms with Crippen LogP contribution in [0.4, 0.5) is 22.0 Å². The fourth-order valence-electron chi connectivity index (χ4n) is 6.33. The molecule has 0 unspecified atom stereocenters. The Labute approximate surface area is 258 Å². The Kier molecular flexibility index (Phi) is 7.96. The third-order valence-corrected chi connectivity index (χ3v) is 8.79. The zero-order valence-corrected chi connectivity index (χ0v) is 24.8. The molecule has 46 heavy (non-hydrogen) atoms. The molecule has 1 aliphatic carbocycles. The zero-order chi connectivity index (χ0) is 32.9. The number of nitrogens with zero attached hydrogens (tertiary/aromatic N) is 7. The molecule has 2 fully saturated rings. The average molecular weight is 648 g/mol. The van der Waals surface area contributed by atoms with E-state index in [2.05, 4.69) is 45.9 Å². The van der Waals surface area contributed by atoms with Crippen molar-refractivity contribution in [3.63, 3.8) is 0 Å². The predicted molar refractivity (Wildman–Crippen MR) is 148 cm³/mol. The number of nitrogens with one attached hydrogen (secondary N) is 2. The Bertz CT molecular complexity index is 1750. The molecule has 6 rings (SSSR count). The van der Waals surface area contributed by atoms with E-state index in [1.54, 1.807) is 31.3 Å². The van der Waals surface area contributed by atoms with Gasteiger partial charge in [-0.1, -0.05) is 5.16 Å². The SMILES string of the molecule is Cc1ccc(C[C@]2(Cc3cnn4cc([C@@H](NC(=O)c5nonc5C)C5CCC(F)(F)CC5)nc4c3)C[C@@H](C(F)(F)F)NC2=O)nn1. The van der Waals surface area contributed by atoms with Gasteiger partial charge in [-0.15, -0.1) is 0 Å². The number of aryl methyl sites for hydroxylation is 2. The molecule has 2 aliphatic rings. The van der Waals surface area contributed by atoms with Gasteiger partial charge in [-0.25, -0.2) is 22.9 Å². The monoisotopic (exact) mass is 647 g/mol. The van der Waals surface area contributed by atoms with Crippen LogP contribution >= 0.6 is 0 Å². The molecule has 0 aromatic carbocycles. The molecule has 1 saturated carbocycles. The summed E-state index contributed by atoms with van der Waals surface area (Å²) in [6.45, 7) is 3.26. The molecule has 4 aromatic rings. The van der Waals surface area contributed by atoms with Crippen molar-refractivity contribution in [1.29, 1.82) is 0 Å². The van der Waals surface area contributed by atoms with Crippen LogP contribution < -0.4 is 10.6 Å². The predicted octanol–water partition coefficient (Wildman–Crippen LogP) is 4.04. The Morgan fingerprint density at radius 2 is 1.91 bits per heavy atom. The van der Waals surface area contributed by atoms with E-state index in [0.717, 1.165) is 0 Å². The molecule has 244 valence electrons. The summed E-state index contributed by atoms with van der Waals surface area (Å²) in [5.74, 6) is -4.55. The van der Waals surface area contributed by atoms with Gasteiger partial charge in [-0.3, -0.25) is 9.59 Å². The maximum atomic E-state index is 14.0. The second-order valence-corrected chi connectivity index (χ2v) is 12.2. The second-order valence-electron chi connectivity index (χ2n) is 12.2. The molecule has 12 nitrogen and oxygen atoms in total. The molecular weight excluding hydrogens is 617 g/mol. The number of hydrogen-bond donors (Lipinski definition) is 2. The smallest absolute Gasteiger partial charge is 0.344 e. The fourth-order valence-corrected chi connectivity index (χ4v) is 6.33.